The minimum Gasteiger partial charge on any atom is -0.465 e. The highest BCUT2D eigenvalue weighted by molar-refractivity contribution is 7.80. The lowest BCUT2D eigenvalue weighted by Crippen LogP contribution is -2.27. The minimum atomic E-state index is -0.328. The zero-order valence-electron chi connectivity index (χ0n) is 9.70. The van der Waals surface area contributed by atoms with Crippen molar-refractivity contribution in [1.29, 1.82) is 0 Å². The fourth-order valence-corrected chi connectivity index (χ4v) is 2.41. The SMILES string of the molecule is C=CCNC(=S)Nc1cc(C)c(C(=O)OC)s1. The van der Waals surface area contributed by atoms with E-state index in [0.29, 0.717) is 16.5 Å². The van der Waals surface area contributed by atoms with E-state index >= 15 is 0 Å². The number of hydrogen-bond donors (Lipinski definition) is 2. The van der Waals surface area contributed by atoms with Crippen LogP contribution >= 0.6 is 23.6 Å². The number of carbonyl (C=O) groups excluding carboxylic acids is 1. The first-order valence-corrected chi connectivity index (χ1v) is 6.15. The normalized spacial score (nSPS) is 9.53. The predicted octanol–water partition coefficient (Wildman–Crippen LogP) is 2.32. The second-order valence-corrected chi connectivity index (χ2v) is 4.70. The zero-order valence-corrected chi connectivity index (χ0v) is 11.3. The summed E-state index contributed by atoms with van der Waals surface area (Å²) in [6.45, 7) is 6.04. The standard InChI is InChI=1S/C11H14N2O2S2/c1-4-5-12-11(16)13-8-6-7(2)9(17-8)10(14)15-3/h4,6H,1,5H2,2-3H3,(H2,12,13,16). The first kappa shape index (κ1) is 13.7. The molecule has 0 saturated heterocycles. The number of carbonyl (C=O) groups is 1. The Hall–Kier alpha value is -1.40. The van der Waals surface area contributed by atoms with Gasteiger partial charge in [0, 0.05) is 6.54 Å². The van der Waals surface area contributed by atoms with Crippen LogP contribution in [0.5, 0.6) is 0 Å². The van der Waals surface area contributed by atoms with E-state index in [0.717, 1.165) is 10.6 Å². The first-order valence-electron chi connectivity index (χ1n) is 4.93. The van der Waals surface area contributed by atoms with Crippen LogP contribution in [0.2, 0.25) is 0 Å². The number of aryl methyl sites for hydroxylation is 1. The Labute approximate surface area is 110 Å². The fourth-order valence-electron chi connectivity index (χ4n) is 1.16. The molecule has 0 bridgehead atoms. The molecule has 4 nitrogen and oxygen atoms in total. The summed E-state index contributed by atoms with van der Waals surface area (Å²) in [4.78, 5) is 12.0. The van der Waals surface area contributed by atoms with Crippen LogP contribution in [0, 0.1) is 6.92 Å². The average molecular weight is 270 g/mol. The molecule has 0 unspecified atom stereocenters. The molecule has 0 aliphatic heterocycles. The topological polar surface area (TPSA) is 50.4 Å². The van der Waals surface area contributed by atoms with Gasteiger partial charge in [-0.3, -0.25) is 0 Å². The summed E-state index contributed by atoms with van der Waals surface area (Å²) in [6.07, 6.45) is 1.72. The molecule has 92 valence electrons. The maximum absolute atomic E-state index is 11.4. The van der Waals surface area contributed by atoms with Crippen LogP contribution in [0.3, 0.4) is 0 Å². The van der Waals surface area contributed by atoms with E-state index in [1.54, 1.807) is 6.08 Å². The largest absolute Gasteiger partial charge is 0.465 e. The summed E-state index contributed by atoms with van der Waals surface area (Å²) in [6, 6.07) is 1.86. The van der Waals surface area contributed by atoms with Crippen LogP contribution in [-0.2, 0) is 4.74 Å². The molecule has 0 aliphatic carbocycles. The molecule has 0 aliphatic rings. The Bertz CT molecular complexity index is 441. The number of anilines is 1. The van der Waals surface area contributed by atoms with Gasteiger partial charge < -0.3 is 15.4 Å². The lowest BCUT2D eigenvalue weighted by Gasteiger charge is -2.05. The van der Waals surface area contributed by atoms with E-state index in [1.807, 2.05) is 13.0 Å². The molecular weight excluding hydrogens is 256 g/mol. The van der Waals surface area contributed by atoms with Gasteiger partial charge in [-0.2, -0.15) is 0 Å². The first-order chi connectivity index (χ1) is 8.08. The van der Waals surface area contributed by atoms with E-state index in [-0.39, 0.29) is 5.97 Å². The summed E-state index contributed by atoms with van der Waals surface area (Å²) in [7, 11) is 1.37. The molecule has 6 heteroatoms. The Morgan fingerprint density at radius 3 is 3.00 bits per heavy atom. The number of hydrogen-bond acceptors (Lipinski definition) is 4. The van der Waals surface area contributed by atoms with Crippen molar-refractivity contribution in [3.8, 4) is 0 Å². The molecule has 0 fully saturated rings. The van der Waals surface area contributed by atoms with E-state index in [2.05, 4.69) is 21.9 Å². The summed E-state index contributed by atoms with van der Waals surface area (Å²) in [5.41, 5.74) is 0.871. The van der Waals surface area contributed by atoms with Gasteiger partial charge in [0.05, 0.1) is 12.1 Å². The molecule has 0 saturated carbocycles. The third kappa shape index (κ3) is 3.83. The molecular formula is C11H14N2O2S2. The third-order valence-electron chi connectivity index (χ3n) is 1.93. The number of esters is 1. The second kappa shape index (κ2) is 6.36. The highest BCUT2D eigenvalue weighted by Gasteiger charge is 2.14. The van der Waals surface area contributed by atoms with Crippen LogP contribution in [0.15, 0.2) is 18.7 Å². The lowest BCUT2D eigenvalue weighted by molar-refractivity contribution is 0.0605. The summed E-state index contributed by atoms with van der Waals surface area (Å²) >= 11 is 6.38. The van der Waals surface area contributed by atoms with Gasteiger partial charge in [-0.05, 0) is 30.8 Å². The number of thiocarbonyl (C=S) groups is 1. The van der Waals surface area contributed by atoms with E-state index in [9.17, 15) is 4.79 Å². The van der Waals surface area contributed by atoms with E-state index in [4.69, 9.17) is 12.2 Å². The Kier molecular flexibility index (Phi) is 5.11. The van der Waals surface area contributed by atoms with Crippen molar-refractivity contribution >= 4 is 39.6 Å². The van der Waals surface area contributed by atoms with Gasteiger partial charge in [0.2, 0.25) is 0 Å². The molecule has 0 radical (unpaired) electrons. The van der Waals surface area contributed by atoms with Crippen molar-refractivity contribution in [2.45, 2.75) is 6.92 Å². The van der Waals surface area contributed by atoms with Crippen molar-refractivity contribution < 1.29 is 9.53 Å². The maximum Gasteiger partial charge on any atom is 0.348 e. The summed E-state index contributed by atoms with van der Waals surface area (Å²) < 4.78 is 4.68. The number of ether oxygens (including phenoxy) is 1. The molecule has 0 spiro atoms. The molecule has 1 rings (SSSR count). The molecule has 0 amide bonds. The van der Waals surface area contributed by atoms with Gasteiger partial charge in [0.1, 0.15) is 4.88 Å². The van der Waals surface area contributed by atoms with Crippen molar-refractivity contribution in [2.75, 3.05) is 19.0 Å². The fraction of sp³-hybridized carbons (Fsp3) is 0.273. The van der Waals surface area contributed by atoms with Gasteiger partial charge in [-0.1, -0.05) is 6.08 Å². The van der Waals surface area contributed by atoms with Crippen LogP contribution in [0.4, 0.5) is 5.00 Å². The van der Waals surface area contributed by atoms with Crippen LogP contribution in [0.1, 0.15) is 15.2 Å². The smallest absolute Gasteiger partial charge is 0.348 e. The Morgan fingerprint density at radius 1 is 1.71 bits per heavy atom. The number of nitrogens with one attached hydrogen (secondary N) is 2. The van der Waals surface area contributed by atoms with Gasteiger partial charge >= 0.3 is 5.97 Å². The van der Waals surface area contributed by atoms with E-state index in [1.165, 1.54) is 18.4 Å². The summed E-state index contributed by atoms with van der Waals surface area (Å²) in [5, 5.41) is 7.26. The van der Waals surface area contributed by atoms with Gasteiger partial charge in [-0.25, -0.2) is 4.79 Å². The molecule has 1 aromatic heterocycles. The Balaban J connectivity index is 2.70. The molecule has 0 atom stereocenters. The quantitative estimate of drug-likeness (QED) is 0.499. The third-order valence-corrected chi connectivity index (χ3v) is 3.31. The van der Waals surface area contributed by atoms with Crippen LogP contribution in [0.25, 0.3) is 0 Å². The minimum absolute atomic E-state index is 0.328. The van der Waals surface area contributed by atoms with Crippen molar-refractivity contribution in [2.24, 2.45) is 0 Å². The Morgan fingerprint density at radius 2 is 2.41 bits per heavy atom. The van der Waals surface area contributed by atoms with Crippen LogP contribution in [-0.4, -0.2) is 24.7 Å². The number of rotatable bonds is 4. The van der Waals surface area contributed by atoms with Crippen molar-refractivity contribution in [3.63, 3.8) is 0 Å². The molecule has 1 heterocycles. The number of methoxy groups -OCH3 is 1. The maximum atomic E-state index is 11.4. The number of thiophene rings is 1. The monoisotopic (exact) mass is 270 g/mol. The zero-order chi connectivity index (χ0) is 12.8. The van der Waals surface area contributed by atoms with Crippen molar-refractivity contribution in [3.05, 3.63) is 29.2 Å². The summed E-state index contributed by atoms with van der Waals surface area (Å²) in [5.74, 6) is -0.328. The van der Waals surface area contributed by atoms with Crippen LogP contribution < -0.4 is 10.6 Å². The van der Waals surface area contributed by atoms with Gasteiger partial charge in [-0.15, -0.1) is 17.9 Å². The molecule has 2 N–H and O–H groups in total. The second-order valence-electron chi connectivity index (χ2n) is 3.24. The molecule has 1 aromatic rings. The van der Waals surface area contributed by atoms with Gasteiger partial charge in [0.15, 0.2) is 5.11 Å². The van der Waals surface area contributed by atoms with E-state index < -0.39 is 0 Å². The van der Waals surface area contributed by atoms with Gasteiger partial charge in [0.25, 0.3) is 0 Å². The predicted molar refractivity (Wildman–Crippen MR) is 74.8 cm³/mol. The van der Waals surface area contributed by atoms with Crippen molar-refractivity contribution in [1.82, 2.24) is 5.32 Å². The highest BCUT2D eigenvalue weighted by Crippen LogP contribution is 2.27. The molecule has 0 aromatic carbocycles. The molecule has 17 heavy (non-hydrogen) atoms. The average Bonchev–Trinajstić information content (AvgIpc) is 2.66. The highest BCUT2D eigenvalue weighted by atomic mass is 32.1. The lowest BCUT2D eigenvalue weighted by atomic mass is 10.3.